The van der Waals surface area contributed by atoms with Crippen LogP contribution >= 0.6 is 0 Å². The minimum absolute atomic E-state index is 0.223. The first-order valence-electron chi connectivity index (χ1n) is 5.50. The highest BCUT2D eigenvalue weighted by Gasteiger charge is 2.21. The van der Waals surface area contributed by atoms with E-state index in [1.54, 1.807) is 0 Å². The lowest BCUT2D eigenvalue weighted by molar-refractivity contribution is -0.0167. The van der Waals surface area contributed by atoms with E-state index in [0.29, 0.717) is 18.6 Å². The number of aliphatic hydroxyl groups is 1. The molecule has 0 radical (unpaired) electrons. The van der Waals surface area contributed by atoms with Crippen molar-refractivity contribution in [3.05, 3.63) is 0 Å². The van der Waals surface area contributed by atoms with Crippen molar-refractivity contribution in [2.75, 3.05) is 6.61 Å². The van der Waals surface area contributed by atoms with Crippen LogP contribution in [0.2, 0.25) is 0 Å². The second kappa shape index (κ2) is 5.61. The van der Waals surface area contributed by atoms with Crippen LogP contribution in [0.5, 0.6) is 0 Å². The Balaban J connectivity index is 2.11. The lowest BCUT2D eigenvalue weighted by Crippen LogP contribution is -2.26. The third kappa shape index (κ3) is 4.10. The van der Waals surface area contributed by atoms with Crippen LogP contribution < -0.4 is 0 Å². The van der Waals surface area contributed by atoms with Gasteiger partial charge in [-0.3, -0.25) is 0 Å². The lowest BCUT2D eigenvalue weighted by Gasteiger charge is -2.28. The molecular formula is C11H22O2. The number of ether oxygens (including phenoxy) is 1. The van der Waals surface area contributed by atoms with Crippen molar-refractivity contribution in [1.82, 2.24) is 0 Å². The van der Waals surface area contributed by atoms with E-state index in [1.807, 2.05) is 6.92 Å². The summed E-state index contributed by atoms with van der Waals surface area (Å²) in [6, 6.07) is 0. The minimum atomic E-state index is -0.223. The number of rotatable bonds is 4. The first-order chi connectivity index (χ1) is 6.20. The largest absolute Gasteiger partial charge is 0.393 e. The average molecular weight is 186 g/mol. The smallest absolute Gasteiger partial charge is 0.0600 e. The maximum absolute atomic E-state index is 9.07. The molecule has 3 unspecified atom stereocenters. The zero-order valence-electron chi connectivity index (χ0n) is 8.83. The number of aliphatic hydroxyl groups excluding tert-OH is 1. The predicted octanol–water partition coefficient (Wildman–Crippen LogP) is 2.35. The van der Waals surface area contributed by atoms with E-state index in [4.69, 9.17) is 9.84 Å². The molecule has 1 rings (SSSR count). The van der Waals surface area contributed by atoms with Gasteiger partial charge < -0.3 is 9.84 Å². The van der Waals surface area contributed by atoms with Gasteiger partial charge in [-0.15, -0.1) is 0 Å². The third-order valence-electron chi connectivity index (χ3n) is 2.90. The Morgan fingerprint density at radius 3 is 2.69 bits per heavy atom. The molecule has 0 bridgehead atoms. The van der Waals surface area contributed by atoms with E-state index in [2.05, 4.69) is 6.92 Å². The van der Waals surface area contributed by atoms with Crippen molar-refractivity contribution < 1.29 is 9.84 Å². The Hall–Kier alpha value is -0.0800. The van der Waals surface area contributed by atoms with E-state index in [0.717, 1.165) is 6.42 Å². The zero-order valence-corrected chi connectivity index (χ0v) is 8.83. The van der Waals surface area contributed by atoms with Gasteiger partial charge in [-0.05, 0) is 32.1 Å². The van der Waals surface area contributed by atoms with Crippen LogP contribution in [-0.4, -0.2) is 23.9 Å². The molecule has 0 aromatic rings. The molecule has 0 amide bonds. The quantitative estimate of drug-likeness (QED) is 0.730. The Morgan fingerprint density at radius 1 is 1.38 bits per heavy atom. The van der Waals surface area contributed by atoms with Gasteiger partial charge in [0.1, 0.15) is 0 Å². The van der Waals surface area contributed by atoms with E-state index in [9.17, 15) is 0 Å². The summed E-state index contributed by atoms with van der Waals surface area (Å²) in [6.07, 6.45) is 6.18. The minimum Gasteiger partial charge on any atom is -0.393 e. The van der Waals surface area contributed by atoms with E-state index < -0.39 is 0 Å². The molecule has 1 aliphatic rings. The van der Waals surface area contributed by atoms with Gasteiger partial charge >= 0.3 is 0 Å². The van der Waals surface area contributed by atoms with Crippen molar-refractivity contribution >= 4 is 0 Å². The van der Waals surface area contributed by atoms with Crippen molar-refractivity contribution in [2.45, 2.75) is 58.2 Å². The van der Waals surface area contributed by atoms with Gasteiger partial charge in [0.2, 0.25) is 0 Å². The van der Waals surface area contributed by atoms with Gasteiger partial charge in [-0.25, -0.2) is 0 Å². The van der Waals surface area contributed by atoms with Gasteiger partial charge in [-0.1, -0.05) is 19.8 Å². The number of hydrogen-bond acceptors (Lipinski definition) is 2. The standard InChI is InChI=1S/C11H22O2/c1-9-5-3-4-6-11(9)13-8-7-10(2)12/h9-12H,3-8H2,1-2H3. The second-order valence-electron chi connectivity index (χ2n) is 4.31. The molecular weight excluding hydrogens is 164 g/mol. The molecule has 78 valence electrons. The average Bonchev–Trinajstić information content (AvgIpc) is 2.08. The fourth-order valence-electron chi connectivity index (χ4n) is 1.92. The molecule has 2 heteroatoms. The maximum atomic E-state index is 9.07. The molecule has 0 spiro atoms. The summed E-state index contributed by atoms with van der Waals surface area (Å²) in [5.74, 6) is 0.711. The molecule has 0 saturated heterocycles. The van der Waals surface area contributed by atoms with Crippen LogP contribution in [-0.2, 0) is 4.74 Å². The van der Waals surface area contributed by atoms with Crippen molar-refractivity contribution in [2.24, 2.45) is 5.92 Å². The van der Waals surface area contributed by atoms with Gasteiger partial charge in [0.15, 0.2) is 0 Å². The Morgan fingerprint density at radius 2 is 2.08 bits per heavy atom. The van der Waals surface area contributed by atoms with E-state index >= 15 is 0 Å². The van der Waals surface area contributed by atoms with Crippen LogP contribution in [0.1, 0.15) is 46.0 Å². The highest BCUT2D eigenvalue weighted by Crippen LogP contribution is 2.26. The zero-order chi connectivity index (χ0) is 9.68. The molecule has 2 nitrogen and oxygen atoms in total. The van der Waals surface area contributed by atoms with Gasteiger partial charge in [0.25, 0.3) is 0 Å². The molecule has 0 heterocycles. The highest BCUT2D eigenvalue weighted by molar-refractivity contribution is 4.72. The molecule has 3 atom stereocenters. The normalized spacial score (nSPS) is 31.6. The summed E-state index contributed by atoms with van der Waals surface area (Å²) in [7, 11) is 0. The Labute approximate surface area is 81.3 Å². The summed E-state index contributed by atoms with van der Waals surface area (Å²) >= 11 is 0. The molecule has 1 aliphatic carbocycles. The third-order valence-corrected chi connectivity index (χ3v) is 2.90. The molecule has 0 aromatic carbocycles. The maximum Gasteiger partial charge on any atom is 0.0600 e. The van der Waals surface area contributed by atoms with Gasteiger partial charge in [0.05, 0.1) is 12.2 Å². The SMILES string of the molecule is CC(O)CCOC1CCCCC1C. The summed E-state index contributed by atoms with van der Waals surface area (Å²) < 4.78 is 5.75. The monoisotopic (exact) mass is 186 g/mol. The second-order valence-corrected chi connectivity index (χ2v) is 4.31. The summed E-state index contributed by atoms with van der Waals surface area (Å²) in [5.41, 5.74) is 0. The Bertz CT molecular complexity index is 134. The Kier molecular flexibility index (Phi) is 4.74. The van der Waals surface area contributed by atoms with Gasteiger partial charge in [-0.2, -0.15) is 0 Å². The lowest BCUT2D eigenvalue weighted by atomic mass is 9.88. The highest BCUT2D eigenvalue weighted by atomic mass is 16.5. The predicted molar refractivity (Wildman–Crippen MR) is 53.7 cm³/mol. The van der Waals surface area contributed by atoms with E-state index in [1.165, 1.54) is 25.7 Å². The fourth-order valence-corrected chi connectivity index (χ4v) is 1.92. The van der Waals surface area contributed by atoms with Crippen molar-refractivity contribution in [3.8, 4) is 0 Å². The number of hydrogen-bond donors (Lipinski definition) is 1. The van der Waals surface area contributed by atoms with Crippen LogP contribution in [0.3, 0.4) is 0 Å². The van der Waals surface area contributed by atoms with Gasteiger partial charge in [0, 0.05) is 6.61 Å². The summed E-state index contributed by atoms with van der Waals surface area (Å²) in [4.78, 5) is 0. The van der Waals surface area contributed by atoms with Crippen molar-refractivity contribution in [3.63, 3.8) is 0 Å². The first kappa shape index (κ1) is 11.0. The topological polar surface area (TPSA) is 29.5 Å². The summed E-state index contributed by atoms with van der Waals surface area (Å²) in [6.45, 7) is 4.80. The summed E-state index contributed by atoms with van der Waals surface area (Å²) in [5, 5.41) is 9.07. The first-order valence-corrected chi connectivity index (χ1v) is 5.50. The fraction of sp³-hybridized carbons (Fsp3) is 1.00. The molecule has 1 fully saturated rings. The molecule has 13 heavy (non-hydrogen) atoms. The molecule has 1 N–H and O–H groups in total. The van der Waals surface area contributed by atoms with Crippen LogP contribution in [0, 0.1) is 5.92 Å². The molecule has 1 saturated carbocycles. The molecule has 0 aromatic heterocycles. The molecule has 0 aliphatic heterocycles. The van der Waals surface area contributed by atoms with Crippen LogP contribution in [0.25, 0.3) is 0 Å². The van der Waals surface area contributed by atoms with Crippen LogP contribution in [0.15, 0.2) is 0 Å². The van der Waals surface area contributed by atoms with Crippen molar-refractivity contribution in [1.29, 1.82) is 0 Å². The van der Waals surface area contributed by atoms with E-state index in [-0.39, 0.29) is 6.10 Å². The van der Waals surface area contributed by atoms with Crippen LogP contribution in [0.4, 0.5) is 0 Å².